The van der Waals surface area contributed by atoms with Gasteiger partial charge in [0, 0.05) is 16.5 Å². The Morgan fingerprint density at radius 3 is 3.20 bits per heavy atom. The maximum atomic E-state index is 4.20. The molecule has 10 heavy (non-hydrogen) atoms. The van der Waals surface area contributed by atoms with E-state index in [0.717, 1.165) is 5.52 Å². The first-order valence-electron chi connectivity index (χ1n) is 3.04. The number of aromatic nitrogens is 2. The maximum absolute atomic E-state index is 4.20. The minimum atomic E-state index is 1.00. The molecule has 0 fully saturated rings. The van der Waals surface area contributed by atoms with Gasteiger partial charge in [-0.2, -0.15) is 4.37 Å². The van der Waals surface area contributed by atoms with Crippen LogP contribution in [0, 0.1) is 6.92 Å². The van der Waals surface area contributed by atoms with Crippen molar-refractivity contribution in [3.8, 4) is 0 Å². The Morgan fingerprint density at radius 1 is 1.50 bits per heavy atom. The van der Waals surface area contributed by atoms with Crippen molar-refractivity contribution in [2.75, 3.05) is 0 Å². The molecular formula is C7H6N2S. The van der Waals surface area contributed by atoms with Gasteiger partial charge in [-0.05, 0) is 24.5 Å². The first-order chi connectivity index (χ1) is 4.88. The second-order valence-corrected chi connectivity index (χ2v) is 3.11. The van der Waals surface area contributed by atoms with Gasteiger partial charge in [0.2, 0.25) is 0 Å². The highest BCUT2D eigenvalue weighted by atomic mass is 32.1. The van der Waals surface area contributed by atoms with E-state index in [1.165, 1.54) is 21.8 Å². The molecule has 3 heteroatoms. The van der Waals surface area contributed by atoms with Gasteiger partial charge in [-0.1, -0.05) is 0 Å². The first kappa shape index (κ1) is 5.80. The molecule has 0 bridgehead atoms. The van der Waals surface area contributed by atoms with Gasteiger partial charge >= 0.3 is 0 Å². The van der Waals surface area contributed by atoms with Gasteiger partial charge in [0.05, 0.1) is 6.20 Å². The Bertz CT molecular complexity index is 353. The van der Waals surface area contributed by atoms with E-state index in [-0.39, 0.29) is 0 Å². The number of hydrogen-bond donors (Lipinski definition) is 0. The topological polar surface area (TPSA) is 25.8 Å². The molecule has 2 rings (SSSR count). The molecule has 0 unspecified atom stereocenters. The largest absolute Gasteiger partial charge is 0.262 e. The molecule has 0 amide bonds. The smallest absolute Gasteiger partial charge is 0.103 e. The van der Waals surface area contributed by atoms with E-state index in [1.807, 2.05) is 6.07 Å². The van der Waals surface area contributed by atoms with Crippen LogP contribution in [-0.4, -0.2) is 9.36 Å². The summed E-state index contributed by atoms with van der Waals surface area (Å²) < 4.78 is 4.20. The third-order valence-electron chi connectivity index (χ3n) is 1.46. The fraction of sp³-hybridized carbons (Fsp3) is 0.143. The molecule has 2 nitrogen and oxygen atoms in total. The molecule has 2 heterocycles. The molecule has 0 N–H and O–H groups in total. The summed E-state index contributed by atoms with van der Waals surface area (Å²) in [4.78, 5) is 5.23. The van der Waals surface area contributed by atoms with Crippen LogP contribution in [-0.2, 0) is 0 Å². The lowest BCUT2D eigenvalue weighted by Gasteiger charge is -1.84. The van der Waals surface area contributed by atoms with Gasteiger partial charge in [-0.3, -0.25) is 4.98 Å². The van der Waals surface area contributed by atoms with E-state index in [4.69, 9.17) is 0 Å². The number of pyridine rings is 1. The van der Waals surface area contributed by atoms with Crippen molar-refractivity contribution < 1.29 is 0 Å². The van der Waals surface area contributed by atoms with Gasteiger partial charge in [0.25, 0.3) is 0 Å². The van der Waals surface area contributed by atoms with Crippen LogP contribution in [0.4, 0.5) is 0 Å². The zero-order valence-corrected chi connectivity index (χ0v) is 6.35. The molecule has 50 valence electrons. The number of aryl methyl sites for hydroxylation is 1. The van der Waals surface area contributed by atoms with Gasteiger partial charge in [0.1, 0.15) is 5.52 Å². The summed E-state index contributed by atoms with van der Waals surface area (Å²) in [5.41, 5.74) is 1.00. The van der Waals surface area contributed by atoms with Crippen LogP contribution in [0.5, 0.6) is 0 Å². The highest BCUT2D eigenvalue weighted by molar-refractivity contribution is 7.07. The lowest BCUT2D eigenvalue weighted by Crippen LogP contribution is -1.70. The Morgan fingerprint density at radius 2 is 2.40 bits per heavy atom. The van der Waals surface area contributed by atoms with E-state index >= 15 is 0 Å². The molecule has 0 aromatic carbocycles. The normalized spacial score (nSPS) is 10.5. The zero-order valence-electron chi connectivity index (χ0n) is 5.53. The van der Waals surface area contributed by atoms with Crippen molar-refractivity contribution in [3.63, 3.8) is 0 Å². The lowest BCUT2D eigenvalue weighted by molar-refractivity contribution is 1.35. The van der Waals surface area contributed by atoms with Crippen molar-refractivity contribution in [2.45, 2.75) is 6.92 Å². The van der Waals surface area contributed by atoms with Crippen LogP contribution >= 0.6 is 11.5 Å². The van der Waals surface area contributed by atoms with E-state index in [1.54, 1.807) is 12.4 Å². The Labute approximate surface area is 62.7 Å². The SMILES string of the molecule is Cc1snc2cnccc12. The van der Waals surface area contributed by atoms with Crippen molar-refractivity contribution in [2.24, 2.45) is 0 Å². The number of fused-ring (bicyclic) bond motifs is 1. The minimum absolute atomic E-state index is 1.00. The highest BCUT2D eigenvalue weighted by Gasteiger charge is 1.98. The molecular weight excluding hydrogens is 144 g/mol. The standard InChI is InChI=1S/C7H6N2S/c1-5-6-2-3-8-4-7(6)9-10-5/h2-4H,1H3. The summed E-state index contributed by atoms with van der Waals surface area (Å²) in [7, 11) is 0. The molecule has 2 aromatic rings. The average Bonchev–Trinajstić information content (AvgIpc) is 2.34. The van der Waals surface area contributed by atoms with Gasteiger partial charge < -0.3 is 0 Å². The summed E-state index contributed by atoms with van der Waals surface area (Å²) in [5, 5.41) is 1.22. The maximum Gasteiger partial charge on any atom is 0.103 e. The van der Waals surface area contributed by atoms with Crippen LogP contribution in [0.2, 0.25) is 0 Å². The van der Waals surface area contributed by atoms with Crippen molar-refractivity contribution in [1.29, 1.82) is 0 Å². The third kappa shape index (κ3) is 0.708. The molecule has 0 radical (unpaired) electrons. The average molecular weight is 150 g/mol. The summed E-state index contributed by atoms with van der Waals surface area (Å²) >= 11 is 1.53. The quantitative estimate of drug-likeness (QED) is 0.574. The number of hydrogen-bond acceptors (Lipinski definition) is 3. The van der Waals surface area contributed by atoms with E-state index < -0.39 is 0 Å². The molecule has 2 aromatic heterocycles. The molecule has 0 aliphatic carbocycles. The van der Waals surface area contributed by atoms with Crippen molar-refractivity contribution >= 4 is 22.4 Å². The monoisotopic (exact) mass is 150 g/mol. The molecule has 0 aliphatic heterocycles. The summed E-state index contributed by atoms with van der Waals surface area (Å²) in [6.07, 6.45) is 3.59. The van der Waals surface area contributed by atoms with Crippen LogP contribution in [0.15, 0.2) is 18.5 Å². The third-order valence-corrected chi connectivity index (χ3v) is 2.24. The summed E-state index contributed by atoms with van der Waals surface area (Å²) in [6, 6.07) is 1.99. The number of nitrogens with zero attached hydrogens (tertiary/aromatic N) is 2. The summed E-state index contributed by atoms with van der Waals surface area (Å²) in [6.45, 7) is 2.07. The van der Waals surface area contributed by atoms with Crippen LogP contribution in [0.25, 0.3) is 10.9 Å². The minimum Gasteiger partial charge on any atom is -0.262 e. The molecule has 0 saturated carbocycles. The molecule has 0 saturated heterocycles. The summed E-state index contributed by atoms with van der Waals surface area (Å²) in [5.74, 6) is 0. The molecule has 0 aliphatic rings. The van der Waals surface area contributed by atoms with E-state index in [2.05, 4.69) is 16.3 Å². The predicted molar refractivity (Wildman–Crippen MR) is 42.2 cm³/mol. The van der Waals surface area contributed by atoms with Crippen LogP contribution < -0.4 is 0 Å². The van der Waals surface area contributed by atoms with Crippen LogP contribution in [0.1, 0.15) is 4.88 Å². The molecule has 0 spiro atoms. The Kier molecular flexibility index (Phi) is 1.17. The predicted octanol–water partition coefficient (Wildman–Crippen LogP) is 2.00. The Hall–Kier alpha value is -0.960. The van der Waals surface area contributed by atoms with Crippen molar-refractivity contribution in [3.05, 3.63) is 23.3 Å². The second-order valence-electron chi connectivity index (χ2n) is 2.13. The van der Waals surface area contributed by atoms with Crippen molar-refractivity contribution in [1.82, 2.24) is 9.36 Å². The van der Waals surface area contributed by atoms with Crippen LogP contribution in [0.3, 0.4) is 0 Å². The Balaban J connectivity index is 2.93. The second kappa shape index (κ2) is 2.02. The first-order valence-corrected chi connectivity index (χ1v) is 3.81. The fourth-order valence-corrected chi connectivity index (χ4v) is 1.58. The van der Waals surface area contributed by atoms with Gasteiger partial charge in [0.15, 0.2) is 0 Å². The van der Waals surface area contributed by atoms with Gasteiger partial charge in [-0.15, -0.1) is 0 Å². The highest BCUT2D eigenvalue weighted by Crippen LogP contribution is 2.18. The van der Waals surface area contributed by atoms with Gasteiger partial charge in [-0.25, -0.2) is 0 Å². The lowest BCUT2D eigenvalue weighted by atomic mass is 10.3. The fourth-order valence-electron chi connectivity index (χ4n) is 0.923. The molecule has 0 atom stereocenters. The van der Waals surface area contributed by atoms with E-state index in [0.29, 0.717) is 0 Å². The zero-order chi connectivity index (χ0) is 6.97. The van der Waals surface area contributed by atoms with E-state index in [9.17, 15) is 0 Å². The number of rotatable bonds is 0.